The molecule has 0 fully saturated rings. The van der Waals surface area contributed by atoms with Crippen LogP contribution < -0.4 is 14.8 Å². The van der Waals surface area contributed by atoms with Gasteiger partial charge in [0, 0.05) is 10.4 Å². The van der Waals surface area contributed by atoms with Gasteiger partial charge in [0.25, 0.3) is 5.91 Å². The number of nitrogens with zero attached hydrogens (tertiary/aromatic N) is 1. The lowest BCUT2D eigenvalue weighted by molar-refractivity contribution is 0.0951. The number of hydrogen-bond acceptors (Lipinski definition) is 6. The Morgan fingerprint density at radius 3 is 2.70 bits per heavy atom. The van der Waals surface area contributed by atoms with Crippen molar-refractivity contribution in [3.8, 4) is 11.5 Å². The molecule has 0 bridgehead atoms. The van der Waals surface area contributed by atoms with E-state index in [4.69, 9.17) is 25.6 Å². The third kappa shape index (κ3) is 4.61. The molecule has 0 saturated heterocycles. The van der Waals surface area contributed by atoms with Crippen LogP contribution in [0.1, 0.15) is 32.3 Å². The van der Waals surface area contributed by atoms with E-state index < -0.39 is 0 Å². The van der Waals surface area contributed by atoms with Crippen LogP contribution in [-0.4, -0.2) is 18.2 Å². The zero-order valence-corrected chi connectivity index (χ0v) is 16.7. The Morgan fingerprint density at radius 2 is 2.07 bits per heavy atom. The number of thiophene rings is 1. The molecule has 27 heavy (non-hydrogen) atoms. The summed E-state index contributed by atoms with van der Waals surface area (Å²) in [6.07, 6.45) is 0. The van der Waals surface area contributed by atoms with Crippen LogP contribution in [-0.2, 0) is 13.2 Å². The number of rotatable bonds is 7. The summed E-state index contributed by atoms with van der Waals surface area (Å²) < 4.78 is 17.0. The number of aromatic nitrogens is 1. The van der Waals surface area contributed by atoms with E-state index in [1.54, 1.807) is 18.2 Å². The quantitative estimate of drug-likeness (QED) is 0.624. The van der Waals surface area contributed by atoms with Crippen molar-refractivity contribution >= 4 is 28.8 Å². The molecule has 1 amide bonds. The number of hydrogen-bond donors (Lipinski definition) is 1. The molecule has 0 aliphatic rings. The maximum atomic E-state index is 12.4. The second kappa shape index (κ2) is 8.45. The molecule has 0 radical (unpaired) electrons. The van der Waals surface area contributed by atoms with Crippen LogP contribution in [0.25, 0.3) is 0 Å². The van der Waals surface area contributed by atoms with Crippen LogP contribution in [0.2, 0.25) is 4.34 Å². The summed E-state index contributed by atoms with van der Waals surface area (Å²) in [6, 6.07) is 8.76. The zero-order chi connectivity index (χ0) is 19.4. The van der Waals surface area contributed by atoms with Crippen LogP contribution >= 0.6 is 22.9 Å². The Morgan fingerprint density at radius 1 is 1.26 bits per heavy atom. The van der Waals surface area contributed by atoms with Gasteiger partial charge in [-0.15, -0.1) is 11.3 Å². The van der Waals surface area contributed by atoms with Crippen molar-refractivity contribution in [3.05, 3.63) is 62.1 Å². The van der Waals surface area contributed by atoms with Gasteiger partial charge in [-0.05, 0) is 44.2 Å². The standard InChI is InChI=1S/C19H19ClN2O4S/c1-11-15(12(2)26-22-11)10-25-16-6-4-13(8-17(16)24-3)19(23)21-9-14-5-7-18(20)27-14/h4-8H,9-10H2,1-3H3,(H,21,23). The molecule has 0 unspecified atom stereocenters. The molecule has 6 nitrogen and oxygen atoms in total. The van der Waals surface area contributed by atoms with E-state index >= 15 is 0 Å². The smallest absolute Gasteiger partial charge is 0.251 e. The van der Waals surface area contributed by atoms with Gasteiger partial charge in [-0.2, -0.15) is 0 Å². The molecule has 0 aliphatic carbocycles. The maximum absolute atomic E-state index is 12.4. The number of aryl methyl sites for hydroxylation is 2. The number of carbonyl (C=O) groups is 1. The van der Waals surface area contributed by atoms with Gasteiger partial charge in [0.05, 0.1) is 29.2 Å². The highest BCUT2D eigenvalue weighted by molar-refractivity contribution is 7.16. The van der Waals surface area contributed by atoms with Gasteiger partial charge in [0.2, 0.25) is 0 Å². The van der Waals surface area contributed by atoms with E-state index in [0.717, 1.165) is 21.9 Å². The Labute approximate surface area is 166 Å². The second-order valence-electron chi connectivity index (χ2n) is 5.85. The van der Waals surface area contributed by atoms with Crippen molar-refractivity contribution in [2.45, 2.75) is 27.0 Å². The summed E-state index contributed by atoms with van der Waals surface area (Å²) in [5.41, 5.74) is 2.17. The number of ether oxygens (including phenoxy) is 2. The molecular formula is C19H19ClN2O4S. The number of carbonyl (C=O) groups excluding carboxylic acids is 1. The van der Waals surface area contributed by atoms with Crippen molar-refractivity contribution in [1.82, 2.24) is 10.5 Å². The molecule has 3 aromatic rings. The molecule has 0 aliphatic heterocycles. The first-order chi connectivity index (χ1) is 13.0. The topological polar surface area (TPSA) is 73.6 Å². The fourth-order valence-corrected chi connectivity index (χ4v) is 3.53. The van der Waals surface area contributed by atoms with E-state index in [2.05, 4.69) is 10.5 Å². The summed E-state index contributed by atoms with van der Waals surface area (Å²) in [5.74, 6) is 1.54. The molecule has 0 saturated carbocycles. The highest BCUT2D eigenvalue weighted by atomic mass is 35.5. The Bertz CT molecular complexity index is 932. The Kier molecular flexibility index (Phi) is 6.03. The molecule has 0 atom stereocenters. The third-order valence-corrected chi connectivity index (χ3v) is 5.26. The predicted octanol–water partition coefficient (Wildman–Crippen LogP) is 4.52. The molecule has 142 valence electrons. The molecule has 2 heterocycles. The van der Waals surface area contributed by atoms with Crippen molar-refractivity contribution < 1.29 is 18.8 Å². The number of benzene rings is 1. The lowest BCUT2D eigenvalue weighted by Gasteiger charge is -2.12. The fourth-order valence-electron chi connectivity index (χ4n) is 2.50. The normalized spacial score (nSPS) is 10.7. The average molecular weight is 407 g/mol. The van der Waals surface area contributed by atoms with Gasteiger partial charge >= 0.3 is 0 Å². The zero-order valence-electron chi connectivity index (χ0n) is 15.2. The van der Waals surface area contributed by atoms with Crippen LogP contribution in [0.15, 0.2) is 34.9 Å². The lowest BCUT2D eigenvalue weighted by Crippen LogP contribution is -2.22. The van der Waals surface area contributed by atoms with Crippen molar-refractivity contribution in [1.29, 1.82) is 0 Å². The predicted molar refractivity (Wildman–Crippen MR) is 104 cm³/mol. The third-order valence-electron chi connectivity index (χ3n) is 4.03. The van der Waals surface area contributed by atoms with Gasteiger partial charge in [-0.1, -0.05) is 16.8 Å². The molecule has 0 spiro atoms. The molecule has 8 heteroatoms. The largest absolute Gasteiger partial charge is 0.493 e. The second-order valence-corrected chi connectivity index (χ2v) is 7.65. The number of halogens is 1. The van der Waals surface area contributed by atoms with E-state index in [-0.39, 0.29) is 5.91 Å². The van der Waals surface area contributed by atoms with Gasteiger partial charge in [-0.25, -0.2) is 0 Å². The Balaban J connectivity index is 1.67. The first kappa shape index (κ1) is 19.3. The van der Waals surface area contributed by atoms with Crippen LogP contribution in [0.5, 0.6) is 11.5 Å². The number of nitrogens with one attached hydrogen (secondary N) is 1. The minimum absolute atomic E-state index is 0.199. The minimum Gasteiger partial charge on any atom is -0.493 e. The highest BCUT2D eigenvalue weighted by Crippen LogP contribution is 2.29. The number of methoxy groups -OCH3 is 1. The summed E-state index contributed by atoms with van der Waals surface area (Å²) in [5, 5.41) is 6.77. The molecule has 1 aromatic carbocycles. The summed E-state index contributed by atoms with van der Waals surface area (Å²) in [6.45, 7) is 4.43. The number of amides is 1. The van der Waals surface area contributed by atoms with E-state index in [0.29, 0.717) is 34.6 Å². The average Bonchev–Trinajstić information content (AvgIpc) is 3.23. The van der Waals surface area contributed by atoms with Crippen molar-refractivity contribution in [3.63, 3.8) is 0 Å². The summed E-state index contributed by atoms with van der Waals surface area (Å²) in [4.78, 5) is 13.4. The van der Waals surface area contributed by atoms with E-state index in [9.17, 15) is 4.79 Å². The molecule has 1 N–H and O–H groups in total. The van der Waals surface area contributed by atoms with Crippen molar-refractivity contribution in [2.24, 2.45) is 0 Å². The molecule has 2 aromatic heterocycles. The van der Waals surface area contributed by atoms with Gasteiger partial charge in [-0.3, -0.25) is 4.79 Å². The van der Waals surface area contributed by atoms with E-state index in [1.807, 2.05) is 26.0 Å². The molecular weight excluding hydrogens is 388 g/mol. The lowest BCUT2D eigenvalue weighted by atomic mass is 10.2. The van der Waals surface area contributed by atoms with Gasteiger partial charge in [0.15, 0.2) is 11.5 Å². The van der Waals surface area contributed by atoms with Gasteiger partial charge in [0.1, 0.15) is 12.4 Å². The van der Waals surface area contributed by atoms with E-state index in [1.165, 1.54) is 18.4 Å². The highest BCUT2D eigenvalue weighted by Gasteiger charge is 2.14. The summed E-state index contributed by atoms with van der Waals surface area (Å²) in [7, 11) is 1.54. The Hall–Kier alpha value is -2.51. The SMILES string of the molecule is COc1cc(C(=O)NCc2ccc(Cl)s2)ccc1OCc1c(C)noc1C. The van der Waals surface area contributed by atoms with Gasteiger partial charge < -0.3 is 19.3 Å². The first-order valence-electron chi connectivity index (χ1n) is 8.23. The summed E-state index contributed by atoms with van der Waals surface area (Å²) >= 11 is 7.34. The first-order valence-corrected chi connectivity index (χ1v) is 9.42. The maximum Gasteiger partial charge on any atom is 0.251 e. The van der Waals surface area contributed by atoms with Crippen LogP contribution in [0.3, 0.4) is 0 Å². The van der Waals surface area contributed by atoms with Crippen molar-refractivity contribution in [2.75, 3.05) is 7.11 Å². The minimum atomic E-state index is -0.199. The molecule has 3 rings (SSSR count). The monoisotopic (exact) mass is 406 g/mol. The fraction of sp³-hybridized carbons (Fsp3) is 0.263. The van der Waals surface area contributed by atoms with Crippen LogP contribution in [0.4, 0.5) is 0 Å². The van der Waals surface area contributed by atoms with Crippen LogP contribution in [0, 0.1) is 13.8 Å².